The first kappa shape index (κ1) is 23.0. The first-order valence-electron chi connectivity index (χ1n) is 9.53. The van der Waals surface area contributed by atoms with Crippen molar-refractivity contribution in [2.75, 3.05) is 5.75 Å². The third-order valence-corrected chi connectivity index (χ3v) is 6.93. The minimum Gasteiger partial charge on any atom is -0.324 e. The van der Waals surface area contributed by atoms with Crippen LogP contribution in [0.25, 0.3) is 33.7 Å². The van der Waals surface area contributed by atoms with Gasteiger partial charge in [0.15, 0.2) is 27.1 Å². The van der Waals surface area contributed by atoms with E-state index in [0.29, 0.717) is 6.92 Å². The van der Waals surface area contributed by atoms with Crippen molar-refractivity contribution in [3.8, 4) is 11.5 Å². The van der Waals surface area contributed by atoms with E-state index >= 15 is 0 Å². The minimum absolute atomic E-state index is 0.0299. The topological polar surface area (TPSA) is 95.6 Å². The Morgan fingerprint density at radius 1 is 0.970 bits per heavy atom. The lowest BCUT2D eigenvalue weighted by molar-refractivity contribution is -0.141. The average molecular weight is 488 g/mol. The normalized spacial score (nSPS) is 13.4. The fourth-order valence-corrected chi connectivity index (χ4v) is 4.53. The predicted octanol–water partition coefficient (Wildman–Crippen LogP) is 3.84. The van der Waals surface area contributed by atoms with Gasteiger partial charge < -0.3 is 9.13 Å². The number of sulfone groups is 1. The van der Waals surface area contributed by atoms with Crippen LogP contribution >= 0.6 is 0 Å². The van der Waals surface area contributed by atoms with Crippen molar-refractivity contribution in [2.45, 2.75) is 30.8 Å². The van der Waals surface area contributed by atoms with Crippen molar-refractivity contribution in [3.05, 3.63) is 29.8 Å². The van der Waals surface area contributed by atoms with E-state index in [9.17, 15) is 30.4 Å². The molecule has 0 saturated heterocycles. The number of rotatable bonds is 4. The molecule has 0 aromatic carbocycles. The Labute approximate surface area is 184 Å². The Morgan fingerprint density at radius 3 is 2.21 bits per heavy atom. The van der Waals surface area contributed by atoms with Crippen LogP contribution in [0, 0.1) is 0 Å². The summed E-state index contributed by atoms with van der Waals surface area (Å²) in [5.74, 6) is -4.34. The molecule has 0 N–H and O–H groups in total. The maximum atomic E-state index is 14.0. The summed E-state index contributed by atoms with van der Waals surface area (Å²) in [7, 11) is -1.17. The van der Waals surface area contributed by atoms with Crippen molar-refractivity contribution >= 4 is 32.0 Å². The van der Waals surface area contributed by atoms with Gasteiger partial charge in [-0.3, -0.25) is 0 Å². The lowest BCUT2D eigenvalue weighted by Gasteiger charge is -2.10. The van der Waals surface area contributed by atoms with E-state index in [1.165, 1.54) is 25.6 Å². The summed E-state index contributed by atoms with van der Waals surface area (Å²) in [4.78, 5) is 15.4. The number of hydrogen-bond donors (Lipinski definition) is 0. The third kappa shape index (κ3) is 3.71. The van der Waals surface area contributed by atoms with Crippen LogP contribution in [0.15, 0.2) is 23.2 Å². The third-order valence-electron chi connectivity index (χ3n) is 5.19. The number of fused-ring (bicyclic) bond motifs is 2. The molecule has 0 fully saturated rings. The van der Waals surface area contributed by atoms with Crippen LogP contribution in [0.3, 0.4) is 0 Å². The largest absolute Gasteiger partial charge is 0.433 e. The number of nitrogens with zero attached hydrogens (tertiary/aromatic N) is 6. The van der Waals surface area contributed by atoms with E-state index in [1.807, 2.05) is 0 Å². The fraction of sp³-hybridized carbons (Fsp3) is 0.368. The van der Waals surface area contributed by atoms with Crippen LogP contribution in [0.5, 0.6) is 0 Å². The molecule has 0 spiro atoms. The van der Waals surface area contributed by atoms with Crippen molar-refractivity contribution < 1.29 is 30.4 Å². The molecule has 0 atom stereocenters. The number of alkyl halides is 5. The van der Waals surface area contributed by atoms with Gasteiger partial charge in [0.2, 0.25) is 0 Å². The van der Waals surface area contributed by atoms with Crippen LogP contribution in [0.2, 0.25) is 0 Å². The second-order valence-corrected chi connectivity index (χ2v) is 9.76. The van der Waals surface area contributed by atoms with Crippen LogP contribution in [-0.4, -0.2) is 43.2 Å². The highest BCUT2D eigenvalue weighted by atomic mass is 32.2. The average Bonchev–Trinajstić information content (AvgIpc) is 3.23. The maximum absolute atomic E-state index is 14.0. The molecule has 0 aliphatic carbocycles. The molecule has 0 unspecified atom stereocenters. The number of halogens is 5. The summed E-state index contributed by atoms with van der Waals surface area (Å²) >= 11 is 0. The van der Waals surface area contributed by atoms with Gasteiger partial charge in [-0.15, -0.1) is 0 Å². The lowest BCUT2D eigenvalue weighted by atomic mass is 10.3. The van der Waals surface area contributed by atoms with Gasteiger partial charge >= 0.3 is 12.1 Å². The van der Waals surface area contributed by atoms with Gasteiger partial charge in [0.25, 0.3) is 0 Å². The van der Waals surface area contributed by atoms with E-state index in [2.05, 4.69) is 19.9 Å². The number of aryl methyl sites for hydroxylation is 2. The molecule has 4 aromatic rings. The van der Waals surface area contributed by atoms with Crippen molar-refractivity contribution in [1.29, 1.82) is 0 Å². The first-order valence-corrected chi connectivity index (χ1v) is 11.2. The minimum atomic E-state index is -4.70. The molecule has 14 heteroatoms. The fourth-order valence-electron chi connectivity index (χ4n) is 3.49. The zero-order chi connectivity index (χ0) is 24.5. The molecule has 176 valence electrons. The van der Waals surface area contributed by atoms with E-state index < -0.39 is 33.5 Å². The van der Waals surface area contributed by atoms with Crippen LogP contribution in [0.4, 0.5) is 22.0 Å². The van der Waals surface area contributed by atoms with Gasteiger partial charge in [-0.25, -0.2) is 28.4 Å². The Morgan fingerprint density at radius 2 is 1.64 bits per heavy atom. The van der Waals surface area contributed by atoms with Gasteiger partial charge in [0.05, 0.1) is 27.9 Å². The Kier molecular flexibility index (Phi) is 5.00. The number of aromatic nitrogens is 6. The quantitative estimate of drug-likeness (QED) is 0.405. The smallest absolute Gasteiger partial charge is 0.324 e. The van der Waals surface area contributed by atoms with Crippen molar-refractivity contribution in [2.24, 2.45) is 14.1 Å². The predicted molar refractivity (Wildman–Crippen MR) is 108 cm³/mol. The van der Waals surface area contributed by atoms with E-state index in [-0.39, 0.29) is 44.4 Å². The Hall–Kier alpha value is -3.16. The van der Waals surface area contributed by atoms with Gasteiger partial charge in [-0.2, -0.15) is 22.0 Å². The lowest BCUT2D eigenvalue weighted by Crippen LogP contribution is -2.14. The molecular weight excluding hydrogens is 471 g/mol. The second kappa shape index (κ2) is 7.17. The standard InChI is InChI=1S/C19H17F5N6O2S/c1-5-33(31,32)12-6-10-15(30(4)17(27-10)18(2,20)21)28-14(12)16-26-9-7-13(19(22,23)24)25-8-11(9)29(16)3/h6-8H,5H2,1-4H3. The maximum Gasteiger partial charge on any atom is 0.433 e. The summed E-state index contributed by atoms with van der Waals surface area (Å²) < 4.78 is 95.2. The molecule has 4 aromatic heterocycles. The highest BCUT2D eigenvalue weighted by Crippen LogP contribution is 2.35. The zero-order valence-electron chi connectivity index (χ0n) is 17.7. The zero-order valence-corrected chi connectivity index (χ0v) is 18.6. The molecule has 0 aliphatic heterocycles. The summed E-state index contributed by atoms with van der Waals surface area (Å²) in [6, 6.07) is 1.87. The van der Waals surface area contributed by atoms with Gasteiger partial charge in [0.1, 0.15) is 16.9 Å². The van der Waals surface area contributed by atoms with Gasteiger partial charge in [-0.05, 0) is 12.1 Å². The summed E-state index contributed by atoms with van der Waals surface area (Å²) in [5, 5.41) is 0. The second-order valence-electron chi connectivity index (χ2n) is 7.51. The van der Waals surface area contributed by atoms with Crippen molar-refractivity contribution in [1.82, 2.24) is 29.1 Å². The molecule has 0 aliphatic rings. The number of hydrogen-bond acceptors (Lipinski definition) is 6. The number of imidazole rings is 2. The molecule has 0 radical (unpaired) electrons. The van der Waals surface area contributed by atoms with Crippen LogP contribution < -0.4 is 0 Å². The summed E-state index contributed by atoms with van der Waals surface area (Å²) in [6.07, 6.45) is -3.72. The summed E-state index contributed by atoms with van der Waals surface area (Å²) in [5.41, 5.74) is -1.33. The molecule has 0 amide bonds. The monoisotopic (exact) mass is 488 g/mol. The molecule has 0 saturated carbocycles. The van der Waals surface area contributed by atoms with Crippen molar-refractivity contribution in [3.63, 3.8) is 0 Å². The van der Waals surface area contributed by atoms with Gasteiger partial charge in [0, 0.05) is 21.0 Å². The number of pyridine rings is 2. The Bertz CT molecular complexity index is 1520. The van der Waals surface area contributed by atoms with E-state index in [0.717, 1.165) is 22.9 Å². The SMILES string of the molecule is CCS(=O)(=O)c1cc2nc(C(C)(F)F)n(C)c2nc1-c1nc2cc(C(F)(F)F)ncc2n1C. The molecule has 4 heterocycles. The molecule has 0 bridgehead atoms. The molecule has 33 heavy (non-hydrogen) atoms. The molecular formula is C19H17F5N6O2S. The molecule has 4 rings (SSSR count). The molecule has 8 nitrogen and oxygen atoms in total. The van der Waals surface area contributed by atoms with Crippen LogP contribution in [-0.2, 0) is 36.0 Å². The first-order chi connectivity index (χ1) is 15.1. The van der Waals surface area contributed by atoms with Gasteiger partial charge in [-0.1, -0.05) is 6.92 Å². The Balaban J connectivity index is 2.07. The van der Waals surface area contributed by atoms with E-state index in [4.69, 9.17) is 0 Å². The highest BCUT2D eigenvalue weighted by Gasteiger charge is 2.35. The summed E-state index contributed by atoms with van der Waals surface area (Å²) in [6.45, 7) is 2.04. The van der Waals surface area contributed by atoms with E-state index in [1.54, 1.807) is 0 Å². The van der Waals surface area contributed by atoms with Crippen LogP contribution in [0.1, 0.15) is 25.4 Å². The highest BCUT2D eigenvalue weighted by molar-refractivity contribution is 7.91.